The van der Waals surface area contributed by atoms with E-state index in [1.54, 1.807) is 11.3 Å². The van der Waals surface area contributed by atoms with Crippen LogP contribution in [0.15, 0.2) is 10.5 Å². The Balaban J connectivity index is 2.16. The average molecular weight is 281 g/mol. The Hall–Kier alpha value is 0.430. The molecule has 1 heterocycles. The van der Waals surface area contributed by atoms with E-state index >= 15 is 0 Å². The van der Waals surface area contributed by atoms with Gasteiger partial charge in [0.05, 0.1) is 0 Å². The topological polar surface area (TPSA) is 26.0 Å². The van der Waals surface area contributed by atoms with Crippen LogP contribution in [-0.4, -0.2) is 0 Å². The van der Waals surface area contributed by atoms with Crippen molar-refractivity contribution < 1.29 is 0 Å². The summed E-state index contributed by atoms with van der Waals surface area (Å²) in [6, 6.07) is 2.23. The second kappa shape index (κ2) is 3.54. The van der Waals surface area contributed by atoms with Gasteiger partial charge in [0.25, 0.3) is 0 Å². The molecule has 3 atom stereocenters. The Morgan fingerprint density at radius 3 is 2.77 bits per heavy atom. The van der Waals surface area contributed by atoms with Crippen molar-refractivity contribution in [2.75, 3.05) is 0 Å². The van der Waals surface area contributed by atoms with Crippen LogP contribution in [0.2, 0.25) is 4.34 Å². The van der Waals surface area contributed by atoms with Gasteiger partial charge in [-0.15, -0.1) is 11.3 Å². The molecule has 1 aromatic rings. The first-order valence-corrected chi connectivity index (χ1v) is 6.28. The van der Waals surface area contributed by atoms with Gasteiger partial charge in [0, 0.05) is 15.4 Å². The molecule has 1 fully saturated rings. The lowest BCUT2D eigenvalue weighted by Crippen LogP contribution is -2.11. The predicted octanol–water partition coefficient (Wildman–Crippen LogP) is 3.82. The molecule has 4 heteroatoms. The number of hydrogen-bond acceptors (Lipinski definition) is 2. The molecule has 0 aromatic carbocycles. The van der Waals surface area contributed by atoms with Gasteiger partial charge < -0.3 is 5.73 Å². The second-order valence-electron chi connectivity index (χ2n) is 3.67. The number of halogens is 2. The molecular formula is C9H11BrClNS. The first kappa shape index (κ1) is 9.97. The maximum atomic E-state index is 6.10. The molecule has 0 bridgehead atoms. The molecule has 0 radical (unpaired) electrons. The molecule has 3 unspecified atom stereocenters. The fraction of sp³-hybridized carbons (Fsp3) is 0.556. The molecule has 0 amide bonds. The van der Waals surface area contributed by atoms with Gasteiger partial charge in [-0.25, -0.2) is 0 Å². The fourth-order valence-corrected chi connectivity index (χ4v) is 3.40. The van der Waals surface area contributed by atoms with Gasteiger partial charge in [-0.3, -0.25) is 0 Å². The molecule has 0 spiro atoms. The summed E-state index contributed by atoms with van der Waals surface area (Å²) in [5.41, 5.74) is 6.10. The van der Waals surface area contributed by atoms with Crippen molar-refractivity contribution in [3.05, 3.63) is 19.8 Å². The summed E-state index contributed by atoms with van der Waals surface area (Å²) in [6.07, 6.45) is 1.26. The molecule has 1 nitrogen and oxygen atoms in total. The molecule has 1 aromatic heterocycles. The minimum atomic E-state index is 0.184. The van der Waals surface area contributed by atoms with Crippen LogP contribution in [0, 0.1) is 11.8 Å². The number of thiophene rings is 1. The van der Waals surface area contributed by atoms with Crippen molar-refractivity contribution in [3.8, 4) is 0 Å². The van der Waals surface area contributed by atoms with Gasteiger partial charge in [0.15, 0.2) is 0 Å². The molecular weight excluding hydrogens is 270 g/mol. The van der Waals surface area contributed by atoms with E-state index < -0.39 is 0 Å². The highest BCUT2D eigenvalue weighted by Gasteiger charge is 2.39. The molecule has 0 saturated heterocycles. The monoisotopic (exact) mass is 279 g/mol. The van der Waals surface area contributed by atoms with E-state index in [-0.39, 0.29) is 6.04 Å². The molecule has 2 rings (SSSR count). The standard InChI is InChI=1S/C9H11BrClNS/c1-4-2-5(4)8(12)7-3-6(10)9(11)13-7/h3-5,8H,2,12H2,1H3. The summed E-state index contributed by atoms with van der Waals surface area (Å²) in [6.45, 7) is 2.24. The fourth-order valence-electron chi connectivity index (χ4n) is 1.59. The molecule has 1 saturated carbocycles. The molecule has 2 N–H and O–H groups in total. The predicted molar refractivity (Wildman–Crippen MR) is 61.2 cm³/mol. The minimum Gasteiger partial charge on any atom is -0.323 e. The normalized spacial score (nSPS) is 28.9. The van der Waals surface area contributed by atoms with Crippen LogP contribution in [0.4, 0.5) is 0 Å². The molecule has 72 valence electrons. The van der Waals surface area contributed by atoms with Gasteiger partial charge >= 0.3 is 0 Å². The summed E-state index contributed by atoms with van der Waals surface area (Å²) in [5, 5.41) is 0. The van der Waals surface area contributed by atoms with Crippen LogP contribution in [0.1, 0.15) is 24.3 Å². The van der Waals surface area contributed by atoms with E-state index in [0.29, 0.717) is 5.92 Å². The first-order valence-electron chi connectivity index (χ1n) is 4.30. The van der Waals surface area contributed by atoms with Crippen LogP contribution in [0.3, 0.4) is 0 Å². The van der Waals surface area contributed by atoms with E-state index in [0.717, 1.165) is 14.7 Å². The largest absolute Gasteiger partial charge is 0.323 e. The van der Waals surface area contributed by atoms with Gasteiger partial charge in [0.2, 0.25) is 0 Å². The third-order valence-corrected chi connectivity index (χ3v) is 5.20. The highest BCUT2D eigenvalue weighted by atomic mass is 79.9. The Labute approximate surface area is 95.4 Å². The van der Waals surface area contributed by atoms with Crippen molar-refractivity contribution >= 4 is 38.9 Å². The van der Waals surface area contributed by atoms with Crippen LogP contribution >= 0.6 is 38.9 Å². The van der Waals surface area contributed by atoms with Crippen LogP contribution in [0.5, 0.6) is 0 Å². The van der Waals surface area contributed by atoms with E-state index in [2.05, 4.69) is 22.9 Å². The summed E-state index contributed by atoms with van der Waals surface area (Å²) in [5.74, 6) is 1.45. The quantitative estimate of drug-likeness (QED) is 0.875. The van der Waals surface area contributed by atoms with Crippen LogP contribution in [0.25, 0.3) is 0 Å². The summed E-state index contributed by atoms with van der Waals surface area (Å²) >= 11 is 10.9. The lowest BCUT2D eigenvalue weighted by atomic mass is 10.1. The zero-order chi connectivity index (χ0) is 9.59. The van der Waals surface area contributed by atoms with Crippen molar-refractivity contribution in [2.45, 2.75) is 19.4 Å². The number of rotatable bonds is 2. The van der Waals surface area contributed by atoms with Gasteiger partial charge in [-0.1, -0.05) is 18.5 Å². The maximum absolute atomic E-state index is 6.10. The Morgan fingerprint density at radius 1 is 1.77 bits per heavy atom. The summed E-state index contributed by atoms with van der Waals surface area (Å²) < 4.78 is 1.77. The molecule has 0 aliphatic heterocycles. The highest BCUT2D eigenvalue weighted by molar-refractivity contribution is 9.10. The van der Waals surface area contributed by atoms with Crippen LogP contribution in [-0.2, 0) is 0 Å². The third-order valence-electron chi connectivity index (χ3n) is 2.63. The molecule has 1 aliphatic carbocycles. The summed E-state index contributed by atoms with van der Waals surface area (Å²) in [7, 11) is 0. The van der Waals surface area contributed by atoms with Gasteiger partial charge in [-0.05, 0) is 40.3 Å². The van der Waals surface area contributed by atoms with Gasteiger partial charge in [0.1, 0.15) is 4.34 Å². The van der Waals surface area contributed by atoms with E-state index in [4.69, 9.17) is 17.3 Å². The first-order chi connectivity index (χ1) is 6.09. The van der Waals surface area contributed by atoms with Crippen molar-refractivity contribution in [2.24, 2.45) is 17.6 Å². The van der Waals surface area contributed by atoms with Gasteiger partial charge in [-0.2, -0.15) is 0 Å². The van der Waals surface area contributed by atoms with E-state index in [1.807, 2.05) is 6.07 Å². The Kier molecular flexibility index (Phi) is 2.71. The second-order valence-corrected chi connectivity index (χ2v) is 6.21. The Morgan fingerprint density at radius 2 is 2.38 bits per heavy atom. The lowest BCUT2D eigenvalue weighted by molar-refractivity contribution is 0.602. The van der Waals surface area contributed by atoms with Crippen LogP contribution < -0.4 is 5.73 Å². The SMILES string of the molecule is CC1CC1C(N)c1cc(Br)c(Cl)s1. The van der Waals surface area contributed by atoms with Crippen molar-refractivity contribution in [3.63, 3.8) is 0 Å². The smallest absolute Gasteiger partial charge is 0.107 e. The van der Waals surface area contributed by atoms with E-state index in [9.17, 15) is 0 Å². The zero-order valence-corrected chi connectivity index (χ0v) is 10.4. The summed E-state index contributed by atoms with van der Waals surface area (Å²) in [4.78, 5) is 1.20. The maximum Gasteiger partial charge on any atom is 0.107 e. The molecule has 13 heavy (non-hydrogen) atoms. The average Bonchev–Trinajstić information content (AvgIpc) is 2.70. The van der Waals surface area contributed by atoms with E-state index in [1.165, 1.54) is 11.3 Å². The highest BCUT2D eigenvalue weighted by Crippen LogP contribution is 2.48. The van der Waals surface area contributed by atoms with Crippen molar-refractivity contribution in [1.82, 2.24) is 0 Å². The zero-order valence-electron chi connectivity index (χ0n) is 7.26. The minimum absolute atomic E-state index is 0.184. The molecule has 1 aliphatic rings. The third kappa shape index (κ3) is 1.94. The lowest BCUT2D eigenvalue weighted by Gasteiger charge is -2.06. The Bertz CT molecular complexity index is 306. The number of nitrogens with two attached hydrogens (primary N) is 1. The van der Waals surface area contributed by atoms with Crippen molar-refractivity contribution in [1.29, 1.82) is 0 Å². The number of hydrogen-bond donors (Lipinski definition) is 1.